The van der Waals surface area contributed by atoms with Crippen LogP contribution in [0.25, 0.3) is 0 Å². The van der Waals surface area contributed by atoms with Crippen LogP contribution in [0.15, 0.2) is 22.9 Å². The minimum atomic E-state index is 0.503. The Bertz CT molecular complexity index is 523. The minimum absolute atomic E-state index is 0.503. The van der Waals surface area contributed by atoms with E-state index in [1.807, 2.05) is 13.0 Å². The van der Waals surface area contributed by atoms with E-state index >= 15 is 0 Å². The van der Waals surface area contributed by atoms with E-state index in [0.717, 1.165) is 24.5 Å². The van der Waals surface area contributed by atoms with Crippen molar-refractivity contribution in [2.24, 2.45) is 5.92 Å². The predicted octanol–water partition coefficient (Wildman–Crippen LogP) is 2.97. The normalized spacial score (nSPS) is 10.7. The Labute approximate surface area is 112 Å². The fraction of sp³-hybridized carbons (Fsp3) is 0.462. The van der Waals surface area contributed by atoms with Crippen molar-refractivity contribution in [2.75, 3.05) is 17.2 Å². The Morgan fingerprint density at radius 1 is 1.32 bits per heavy atom. The minimum Gasteiger partial charge on any atom is -0.370 e. The van der Waals surface area contributed by atoms with Crippen molar-refractivity contribution in [3.8, 4) is 0 Å². The van der Waals surface area contributed by atoms with E-state index in [-0.39, 0.29) is 0 Å². The molecule has 2 aromatic heterocycles. The third-order valence-electron chi connectivity index (χ3n) is 2.55. The maximum absolute atomic E-state index is 4.97. The second-order valence-electron chi connectivity index (χ2n) is 4.82. The summed E-state index contributed by atoms with van der Waals surface area (Å²) in [6, 6.07) is 3.64. The number of anilines is 3. The zero-order valence-electron chi connectivity index (χ0n) is 11.5. The van der Waals surface area contributed by atoms with Gasteiger partial charge < -0.3 is 15.2 Å². The summed E-state index contributed by atoms with van der Waals surface area (Å²) in [5.74, 6) is 3.33. The van der Waals surface area contributed by atoms with E-state index in [1.165, 1.54) is 0 Å². The van der Waals surface area contributed by atoms with Crippen LogP contribution in [-0.4, -0.2) is 21.7 Å². The van der Waals surface area contributed by atoms with Gasteiger partial charge in [0.05, 0.1) is 0 Å². The van der Waals surface area contributed by atoms with Crippen LogP contribution in [0.3, 0.4) is 0 Å². The second-order valence-corrected chi connectivity index (χ2v) is 4.82. The molecule has 0 amide bonds. The zero-order chi connectivity index (χ0) is 13.7. The zero-order valence-corrected chi connectivity index (χ0v) is 11.5. The van der Waals surface area contributed by atoms with Crippen LogP contribution >= 0.6 is 0 Å². The standard InChI is InChI=1S/C13H19N5O/c1-9(2)4-6-14-11-5-7-15-13(16-11)17-12-8-10(3)19-18-12/h5,7-9H,4,6H2,1-3H3,(H2,14,15,16,17,18). The van der Waals surface area contributed by atoms with Gasteiger partial charge in [-0.15, -0.1) is 0 Å². The molecule has 0 aliphatic rings. The van der Waals surface area contributed by atoms with Gasteiger partial charge in [-0.1, -0.05) is 19.0 Å². The molecule has 2 heterocycles. The summed E-state index contributed by atoms with van der Waals surface area (Å²) in [6.07, 6.45) is 2.81. The van der Waals surface area contributed by atoms with E-state index < -0.39 is 0 Å². The summed E-state index contributed by atoms with van der Waals surface area (Å²) >= 11 is 0. The highest BCUT2D eigenvalue weighted by molar-refractivity contribution is 5.49. The first-order valence-electron chi connectivity index (χ1n) is 6.41. The summed E-state index contributed by atoms with van der Waals surface area (Å²) in [5, 5.41) is 10.1. The molecule has 0 aliphatic carbocycles. The van der Waals surface area contributed by atoms with Crippen LogP contribution in [0.5, 0.6) is 0 Å². The van der Waals surface area contributed by atoms with Crippen molar-refractivity contribution in [3.63, 3.8) is 0 Å². The van der Waals surface area contributed by atoms with Crippen molar-refractivity contribution >= 4 is 17.6 Å². The van der Waals surface area contributed by atoms with E-state index in [1.54, 1.807) is 12.3 Å². The molecule has 2 aromatic rings. The molecule has 0 atom stereocenters. The SMILES string of the molecule is Cc1cc(Nc2nccc(NCCC(C)C)n2)no1. The summed E-state index contributed by atoms with van der Waals surface area (Å²) in [5.41, 5.74) is 0. The van der Waals surface area contributed by atoms with Gasteiger partial charge in [0.25, 0.3) is 0 Å². The van der Waals surface area contributed by atoms with Crippen LogP contribution < -0.4 is 10.6 Å². The largest absolute Gasteiger partial charge is 0.370 e. The molecule has 0 saturated carbocycles. The lowest BCUT2D eigenvalue weighted by Gasteiger charge is -2.08. The number of hydrogen-bond donors (Lipinski definition) is 2. The van der Waals surface area contributed by atoms with Crippen molar-refractivity contribution in [1.29, 1.82) is 0 Å². The first-order valence-corrected chi connectivity index (χ1v) is 6.41. The Morgan fingerprint density at radius 2 is 2.16 bits per heavy atom. The summed E-state index contributed by atoms with van der Waals surface area (Å²) in [7, 11) is 0. The lowest BCUT2D eigenvalue weighted by Crippen LogP contribution is -2.07. The summed E-state index contributed by atoms with van der Waals surface area (Å²) in [6.45, 7) is 7.13. The average Bonchev–Trinajstić information content (AvgIpc) is 2.75. The highest BCUT2D eigenvalue weighted by atomic mass is 16.5. The van der Waals surface area contributed by atoms with Crippen molar-refractivity contribution in [2.45, 2.75) is 27.2 Å². The fourth-order valence-corrected chi connectivity index (χ4v) is 1.55. The maximum atomic E-state index is 4.97. The first-order chi connectivity index (χ1) is 9.13. The fourth-order valence-electron chi connectivity index (χ4n) is 1.55. The van der Waals surface area contributed by atoms with Gasteiger partial charge in [-0.25, -0.2) is 4.98 Å². The molecule has 0 aromatic carbocycles. The first kappa shape index (κ1) is 13.3. The Morgan fingerprint density at radius 3 is 2.84 bits per heavy atom. The van der Waals surface area contributed by atoms with Gasteiger partial charge in [0.2, 0.25) is 5.95 Å². The topological polar surface area (TPSA) is 75.9 Å². The number of aryl methyl sites for hydroxylation is 1. The van der Waals surface area contributed by atoms with Crippen LogP contribution in [0.1, 0.15) is 26.0 Å². The predicted molar refractivity (Wildman–Crippen MR) is 74.5 cm³/mol. The van der Waals surface area contributed by atoms with E-state index in [0.29, 0.717) is 17.7 Å². The van der Waals surface area contributed by atoms with E-state index in [2.05, 4.69) is 39.6 Å². The average molecular weight is 261 g/mol. The number of aromatic nitrogens is 3. The molecule has 2 rings (SSSR count). The third-order valence-corrected chi connectivity index (χ3v) is 2.55. The number of nitrogens with zero attached hydrogens (tertiary/aromatic N) is 3. The summed E-state index contributed by atoms with van der Waals surface area (Å²) < 4.78 is 4.97. The van der Waals surface area contributed by atoms with Gasteiger partial charge >= 0.3 is 0 Å². The van der Waals surface area contributed by atoms with Crippen LogP contribution in [0, 0.1) is 12.8 Å². The quantitative estimate of drug-likeness (QED) is 0.832. The Kier molecular flexibility index (Phi) is 4.33. The summed E-state index contributed by atoms with van der Waals surface area (Å²) in [4.78, 5) is 8.50. The molecule has 0 spiro atoms. The molecule has 6 heteroatoms. The monoisotopic (exact) mass is 261 g/mol. The molecule has 6 nitrogen and oxygen atoms in total. The molecule has 19 heavy (non-hydrogen) atoms. The van der Waals surface area contributed by atoms with E-state index in [4.69, 9.17) is 4.52 Å². The van der Waals surface area contributed by atoms with Gasteiger partial charge in [0.1, 0.15) is 11.6 Å². The van der Waals surface area contributed by atoms with Crippen LogP contribution in [-0.2, 0) is 0 Å². The van der Waals surface area contributed by atoms with Crippen molar-refractivity contribution in [3.05, 3.63) is 24.1 Å². The van der Waals surface area contributed by atoms with E-state index in [9.17, 15) is 0 Å². The van der Waals surface area contributed by atoms with Gasteiger partial charge in [-0.3, -0.25) is 0 Å². The van der Waals surface area contributed by atoms with Crippen molar-refractivity contribution < 1.29 is 4.52 Å². The van der Waals surface area contributed by atoms with Crippen LogP contribution in [0.4, 0.5) is 17.6 Å². The molecular weight excluding hydrogens is 242 g/mol. The maximum Gasteiger partial charge on any atom is 0.230 e. The number of nitrogens with one attached hydrogen (secondary N) is 2. The molecule has 102 valence electrons. The molecule has 0 fully saturated rings. The molecule has 0 saturated heterocycles. The molecule has 0 bridgehead atoms. The third kappa shape index (κ3) is 4.24. The van der Waals surface area contributed by atoms with Gasteiger partial charge in [-0.2, -0.15) is 4.98 Å². The molecule has 0 aliphatic heterocycles. The lowest BCUT2D eigenvalue weighted by atomic mass is 10.1. The van der Waals surface area contributed by atoms with Crippen molar-refractivity contribution in [1.82, 2.24) is 15.1 Å². The molecule has 0 radical (unpaired) electrons. The second kappa shape index (κ2) is 6.17. The highest BCUT2D eigenvalue weighted by Crippen LogP contribution is 2.14. The smallest absolute Gasteiger partial charge is 0.230 e. The number of rotatable bonds is 6. The molecular formula is C13H19N5O. The van der Waals surface area contributed by atoms with Gasteiger partial charge in [0, 0.05) is 18.8 Å². The Balaban J connectivity index is 1.95. The molecule has 0 unspecified atom stereocenters. The van der Waals surface area contributed by atoms with Gasteiger partial charge in [0.15, 0.2) is 5.82 Å². The number of hydrogen-bond acceptors (Lipinski definition) is 6. The van der Waals surface area contributed by atoms with Crippen LogP contribution in [0.2, 0.25) is 0 Å². The van der Waals surface area contributed by atoms with Gasteiger partial charge in [-0.05, 0) is 25.3 Å². The molecule has 2 N–H and O–H groups in total. The Hall–Kier alpha value is -2.11. The highest BCUT2D eigenvalue weighted by Gasteiger charge is 2.03. The lowest BCUT2D eigenvalue weighted by molar-refractivity contribution is 0.400.